The molecule has 1 heterocycles. The number of benzene rings is 1. The number of fused-ring (bicyclic) bond motifs is 1. The maximum absolute atomic E-state index is 11.2. The smallest absolute Gasteiger partial charge is 0.304 e. The Labute approximate surface area is 152 Å². The maximum Gasteiger partial charge on any atom is 0.304 e. The molecule has 2 rings (SSSR count). The molecule has 4 heteroatoms. The van der Waals surface area contributed by atoms with Crippen LogP contribution in [-0.4, -0.2) is 18.9 Å². The van der Waals surface area contributed by atoms with Crippen LogP contribution >= 0.6 is 0 Å². The predicted octanol–water partition coefficient (Wildman–Crippen LogP) is 5.69. The first-order chi connectivity index (χ1) is 12.2. The molecule has 0 saturated carbocycles. The number of para-hydroxylation sites is 2. The summed E-state index contributed by atoms with van der Waals surface area (Å²) in [6.07, 6.45) is 13.3. The van der Waals surface area contributed by atoms with E-state index >= 15 is 0 Å². The van der Waals surface area contributed by atoms with Crippen LogP contribution in [0, 0.1) is 0 Å². The Balaban J connectivity index is 1.69. The number of esters is 1. The maximum atomic E-state index is 11.2. The molecule has 1 aromatic carbocycles. The SMILES string of the molecule is CCCCCCCCCCCC1Nc2ccccc2N1COC(C)=O. The van der Waals surface area contributed by atoms with Gasteiger partial charge in [0.15, 0.2) is 6.73 Å². The number of ether oxygens (including phenoxy) is 1. The molecule has 0 fully saturated rings. The number of nitrogens with zero attached hydrogens (tertiary/aromatic N) is 1. The van der Waals surface area contributed by atoms with Gasteiger partial charge in [-0.2, -0.15) is 0 Å². The molecular weight excluding hydrogens is 312 g/mol. The van der Waals surface area contributed by atoms with E-state index in [0.717, 1.165) is 17.8 Å². The van der Waals surface area contributed by atoms with Gasteiger partial charge in [0.1, 0.15) is 6.17 Å². The summed E-state index contributed by atoms with van der Waals surface area (Å²) in [7, 11) is 0. The number of hydrogen-bond acceptors (Lipinski definition) is 4. The third kappa shape index (κ3) is 6.60. The Morgan fingerprint density at radius 3 is 2.36 bits per heavy atom. The van der Waals surface area contributed by atoms with Crippen LogP contribution in [0.3, 0.4) is 0 Å². The summed E-state index contributed by atoms with van der Waals surface area (Å²) in [6, 6.07) is 8.24. The molecule has 1 aliphatic heterocycles. The summed E-state index contributed by atoms with van der Waals surface area (Å²) in [5.74, 6) is -0.230. The molecule has 140 valence electrons. The fourth-order valence-electron chi connectivity index (χ4n) is 3.47. The zero-order chi connectivity index (χ0) is 17.9. The minimum atomic E-state index is -0.230. The van der Waals surface area contributed by atoms with Gasteiger partial charge in [-0.05, 0) is 25.0 Å². The number of carbonyl (C=O) groups excluding carboxylic acids is 1. The van der Waals surface area contributed by atoms with E-state index in [-0.39, 0.29) is 12.1 Å². The minimum absolute atomic E-state index is 0.223. The summed E-state index contributed by atoms with van der Waals surface area (Å²) >= 11 is 0. The number of unbranched alkanes of at least 4 members (excludes halogenated alkanes) is 8. The van der Waals surface area contributed by atoms with Crippen molar-refractivity contribution in [1.82, 2.24) is 0 Å². The number of hydrogen-bond donors (Lipinski definition) is 1. The average Bonchev–Trinajstić information content (AvgIpc) is 2.96. The van der Waals surface area contributed by atoms with Gasteiger partial charge in [-0.1, -0.05) is 70.4 Å². The first kappa shape index (κ1) is 19.6. The molecule has 0 aromatic heterocycles. The standard InChI is InChI=1S/C21H34N2O2/c1-3-4-5-6-7-8-9-10-11-16-21-22-19-14-12-13-15-20(19)23(21)17-25-18(2)24/h12-15,21-22H,3-11,16-17H2,1-2H3. The molecular formula is C21H34N2O2. The van der Waals surface area contributed by atoms with Gasteiger partial charge in [0.05, 0.1) is 11.4 Å². The van der Waals surface area contributed by atoms with E-state index in [0.29, 0.717) is 6.73 Å². The second-order valence-corrected chi connectivity index (χ2v) is 7.03. The van der Waals surface area contributed by atoms with Crippen molar-refractivity contribution in [3.63, 3.8) is 0 Å². The number of carbonyl (C=O) groups is 1. The lowest BCUT2D eigenvalue weighted by molar-refractivity contribution is -0.140. The van der Waals surface area contributed by atoms with Crippen LogP contribution in [-0.2, 0) is 9.53 Å². The van der Waals surface area contributed by atoms with E-state index < -0.39 is 0 Å². The molecule has 1 unspecified atom stereocenters. The molecule has 0 amide bonds. The fraction of sp³-hybridized carbons (Fsp3) is 0.667. The van der Waals surface area contributed by atoms with Crippen molar-refractivity contribution in [2.75, 3.05) is 16.9 Å². The van der Waals surface area contributed by atoms with Crippen molar-refractivity contribution < 1.29 is 9.53 Å². The average molecular weight is 347 g/mol. The van der Waals surface area contributed by atoms with Crippen LogP contribution in [0.25, 0.3) is 0 Å². The Morgan fingerprint density at radius 1 is 1.04 bits per heavy atom. The second kappa shape index (κ2) is 11.0. The molecule has 0 radical (unpaired) electrons. The summed E-state index contributed by atoms with van der Waals surface area (Å²) in [4.78, 5) is 13.3. The number of anilines is 2. The van der Waals surface area contributed by atoms with E-state index in [1.807, 2.05) is 12.1 Å². The lowest BCUT2D eigenvalue weighted by Crippen LogP contribution is -2.37. The topological polar surface area (TPSA) is 41.6 Å². The molecule has 1 atom stereocenters. The molecule has 1 N–H and O–H groups in total. The molecule has 25 heavy (non-hydrogen) atoms. The number of rotatable bonds is 12. The van der Waals surface area contributed by atoms with Gasteiger partial charge >= 0.3 is 5.97 Å². The molecule has 0 aliphatic carbocycles. The van der Waals surface area contributed by atoms with Crippen molar-refractivity contribution >= 4 is 17.3 Å². The van der Waals surface area contributed by atoms with E-state index in [9.17, 15) is 4.79 Å². The van der Waals surface area contributed by atoms with Crippen LogP contribution in [0.5, 0.6) is 0 Å². The zero-order valence-corrected chi connectivity index (χ0v) is 15.9. The molecule has 4 nitrogen and oxygen atoms in total. The molecule has 0 saturated heterocycles. The molecule has 0 spiro atoms. The summed E-state index contributed by atoms with van der Waals surface area (Å²) in [5.41, 5.74) is 2.26. The molecule has 1 aliphatic rings. The third-order valence-corrected chi connectivity index (χ3v) is 4.90. The van der Waals surface area contributed by atoms with Crippen molar-refractivity contribution in [2.24, 2.45) is 0 Å². The Bertz CT molecular complexity index is 518. The van der Waals surface area contributed by atoms with Gasteiger partial charge in [0.2, 0.25) is 0 Å². The van der Waals surface area contributed by atoms with Crippen LogP contribution in [0.15, 0.2) is 24.3 Å². The summed E-state index contributed by atoms with van der Waals surface area (Å²) in [6.45, 7) is 4.05. The van der Waals surface area contributed by atoms with E-state index in [2.05, 4.69) is 29.3 Å². The van der Waals surface area contributed by atoms with Crippen molar-refractivity contribution in [2.45, 2.75) is 84.2 Å². The first-order valence-corrected chi connectivity index (χ1v) is 9.98. The van der Waals surface area contributed by atoms with Crippen LogP contribution in [0.1, 0.15) is 78.1 Å². The largest absolute Gasteiger partial charge is 0.444 e. The van der Waals surface area contributed by atoms with E-state index in [1.165, 1.54) is 64.7 Å². The third-order valence-electron chi connectivity index (χ3n) is 4.90. The van der Waals surface area contributed by atoms with Crippen LogP contribution in [0.2, 0.25) is 0 Å². The van der Waals surface area contributed by atoms with Crippen LogP contribution in [0.4, 0.5) is 11.4 Å². The Kier molecular flexibility index (Phi) is 8.64. The molecule has 1 aromatic rings. The van der Waals surface area contributed by atoms with Gasteiger partial charge < -0.3 is 15.0 Å². The quantitative estimate of drug-likeness (QED) is 0.390. The van der Waals surface area contributed by atoms with Crippen molar-refractivity contribution in [3.8, 4) is 0 Å². The second-order valence-electron chi connectivity index (χ2n) is 7.03. The lowest BCUT2D eigenvalue weighted by Gasteiger charge is -2.26. The zero-order valence-electron chi connectivity index (χ0n) is 15.9. The van der Waals surface area contributed by atoms with Crippen LogP contribution < -0.4 is 10.2 Å². The highest BCUT2D eigenvalue weighted by Crippen LogP contribution is 2.35. The van der Waals surface area contributed by atoms with Gasteiger partial charge in [0.25, 0.3) is 0 Å². The molecule has 0 bridgehead atoms. The highest BCUT2D eigenvalue weighted by Gasteiger charge is 2.28. The van der Waals surface area contributed by atoms with E-state index in [1.54, 1.807) is 0 Å². The van der Waals surface area contributed by atoms with Gasteiger partial charge in [-0.25, -0.2) is 0 Å². The first-order valence-electron chi connectivity index (χ1n) is 9.98. The fourth-order valence-corrected chi connectivity index (χ4v) is 3.47. The highest BCUT2D eigenvalue weighted by atomic mass is 16.5. The van der Waals surface area contributed by atoms with Gasteiger partial charge in [0, 0.05) is 6.92 Å². The van der Waals surface area contributed by atoms with Crippen molar-refractivity contribution in [1.29, 1.82) is 0 Å². The summed E-state index contributed by atoms with van der Waals surface area (Å²) in [5, 5.41) is 3.57. The lowest BCUT2D eigenvalue weighted by atomic mass is 10.1. The number of nitrogens with one attached hydrogen (secondary N) is 1. The summed E-state index contributed by atoms with van der Waals surface area (Å²) < 4.78 is 5.25. The normalized spacial score (nSPS) is 15.8. The van der Waals surface area contributed by atoms with Crippen molar-refractivity contribution in [3.05, 3.63) is 24.3 Å². The van der Waals surface area contributed by atoms with Gasteiger partial charge in [-0.15, -0.1) is 0 Å². The highest BCUT2D eigenvalue weighted by molar-refractivity contribution is 5.76. The minimum Gasteiger partial charge on any atom is -0.444 e. The van der Waals surface area contributed by atoms with Gasteiger partial charge in [-0.3, -0.25) is 4.79 Å². The van der Waals surface area contributed by atoms with E-state index in [4.69, 9.17) is 4.74 Å². The monoisotopic (exact) mass is 346 g/mol. The Hall–Kier alpha value is -1.71. The Morgan fingerprint density at radius 2 is 1.68 bits per heavy atom. The predicted molar refractivity (Wildman–Crippen MR) is 105 cm³/mol.